The van der Waals surface area contributed by atoms with Gasteiger partial charge in [-0.2, -0.15) is 0 Å². The summed E-state index contributed by atoms with van der Waals surface area (Å²) in [5.74, 6) is 0.136. The SMILES string of the molecule is CN(C)c1ccccc1C(=O)N1CCC(N2CCC[C@H](O)C2)CC1. The molecule has 2 heterocycles. The number of likely N-dealkylation sites (tertiary alicyclic amines) is 2. The number of carbonyl (C=O) groups is 1. The van der Waals surface area contributed by atoms with Gasteiger partial charge in [0.15, 0.2) is 0 Å². The van der Waals surface area contributed by atoms with Crippen molar-refractivity contribution >= 4 is 11.6 Å². The van der Waals surface area contributed by atoms with Crippen molar-refractivity contribution in [3.05, 3.63) is 29.8 Å². The molecule has 1 aromatic carbocycles. The van der Waals surface area contributed by atoms with E-state index in [4.69, 9.17) is 0 Å². The van der Waals surface area contributed by atoms with Gasteiger partial charge in [-0.3, -0.25) is 9.69 Å². The van der Waals surface area contributed by atoms with Crippen molar-refractivity contribution in [1.29, 1.82) is 0 Å². The Kier molecular flexibility index (Phi) is 5.41. The van der Waals surface area contributed by atoms with Gasteiger partial charge in [0.05, 0.1) is 11.7 Å². The average Bonchev–Trinajstić information content (AvgIpc) is 2.61. The van der Waals surface area contributed by atoms with Gasteiger partial charge in [0.1, 0.15) is 0 Å². The fourth-order valence-corrected chi connectivity index (χ4v) is 3.96. The van der Waals surface area contributed by atoms with E-state index in [0.717, 1.165) is 63.1 Å². The largest absolute Gasteiger partial charge is 0.392 e. The van der Waals surface area contributed by atoms with Crippen LogP contribution >= 0.6 is 0 Å². The maximum Gasteiger partial charge on any atom is 0.255 e. The van der Waals surface area contributed by atoms with E-state index in [0.29, 0.717) is 6.04 Å². The number of rotatable bonds is 3. The van der Waals surface area contributed by atoms with Crippen LogP contribution in [0.5, 0.6) is 0 Å². The predicted octanol–water partition coefficient (Wildman–Crippen LogP) is 1.81. The summed E-state index contributed by atoms with van der Waals surface area (Å²) in [7, 11) is 3.94. The van der Waals surface area contributed by atoms with E-state index in [2.05, 4.69) is 4.90 Å². The van der Waals surface area contributed by atoms with Crippen molar-refractivity contribution in [1.82, 2.24) is 9.80 Å². The maximum atomic E-state index is 12.9. The average molecular weight is 331 g/mol. The normalized spacial score (nSPS) is 23.3. The Morgan fingerprint density at radius 3 is 2.50 bits per heavy atom. The summed E-state index contributed by atoms with van der Waals surface area (Å²) < 4.78 is 0. The first kappa shape index (κ1) is 17.2. The second-order valence-corrected chi connectivity index (χ2v) is 7.23. The Bertz CT molecular complexity index is 567. The van der Waals surface area contributed by atoms with Crippen LogP contribution in [0.1, 0.15) is 36.0 Å². The number of hydrogen-bond acceptors (Lipinski definition) is 4. The molecule has 132 valence electrons. The molecule has 0 aliphatic carbocycles. The standard InChI is InChI=1S/C19H29N3O2/c1-20(2)18-8-4-3-7-17(18)19(24)21-12-9-15(10-13-21)22-11-5-6-16(23)14-22/h3-4,7-8,15-16,23H,5-6,9-14H2,1-2H3/t16-/m0/s1. The van der Waals surface area contributed by atoms with Gasteiger partial charge < -0.3 is 14.9 Å². The molecule has 1 atom stereocenters. The van der Waals surface area contributed by atoms with Crippen molar-refractivity contribution in [2.75, 3.05) is 45.2 Å². The van der Waals surface area contributed by atoms with Crippen LogP contribution in [-0.2, 0) is 0 Å². The van der Waals surface area contributed by atoms with E-state index < -0.39 is 0 Å². The van der Waals surface area contributed by atoms with E-state index in [1.165, 1.54) is 0 Å². The van der Waals surface area contributed by atoms with Crippen LogP contribution < -0.4 is 4.90 Å². The second-order valence-electron chi connectivity index (χ2n) is 7.23. The summed E-state index contributed by atoms with van der Waals surface area (Å²) >= 11 is 0. The number of benzene rings is 1. The number of para-hydroxylation sites is 1. The van der Waals surface area contributed by atoms with E-state index in [9.17, 15) is 9.90 Å². The molecule has 2 saturated heterocycles. The number of carbonyl (C=O) groups excluding carboxylic acids is 1. The minimum Gasteiger partial charge on any atom is -0.392 e. The topological polar surface area (TPSA) is 47.0 Å². The lowest BCUT2D eigenvalue weighted by Gasteiger charge is -2.41. The molecule has 24 heavy (non-hydrogen) atoms. The van der Waals surface area contributed by atoms with Crippen molar-refractivity contribution in [3.8, 4) is 0 Å². The van der Waals surface area contributed by atoms with Crippen molar-refractivity contribution in [3.63, 3.8) is 0 Å². The Hall–Kier alpha value is -1.59. The van der Waals surface area contributed by atoms with E-state index in [-0.39, 0.29) is 12.0 Å². The first-order chi connectivity index (χ1) is 11.6. The van der Waals surface area contributed by atoms with Crippen LogP contribution in [0, 0.1) is 0 Å². The Balaban J connectivity index is 1.61. The Labute approximate surface area is 144 Å². The molecule has 0 unspecified atom stereocenters. The van der Waals surface area contributed by atoms with Crippen LogP contribution in [0.4, 0.5) is 5.69 Å². The molecule has 3 rings (SSSR count). The van der Waals surface area contributed by atoms with Gasteiger partial charge in [-0.15, -0.1) is 0 Å². The third-order valence-corrected chi connectivity index (χ3v) is 5.31. The van der Waals surface area contributed by atoms with Gasteiger partial charge in [-0.1, -0.05) is 12.1 Å². The van der Waals surface area contributed by atoms with Gasteiger partial charge in [-0.25, -0.2) is 0 Å². The van der Waals surface area contributed by atoms with Gasteiger partial charge in [-0.05, 0) is 44.4 Å². The first-order valence-corrected chi connectivity index (χ1v) is 9.04. The number of aliphatic hydroxyl groups is 1. The lowest BCUT2D eigenvalue weighted by Crippen LogP contribution is -2.50. The zero-order valence-electron chi connectivity index (χ0n) is 14.8. The highest BCUT2D eigenvalue weighted by molar-refractivity contribution is 5.99. The highest BCUT2D eigenvalue weighted by Gasteiger charge is 2.30. The minimum atomic E-state index is -0.176. The molecule has 1 aromatic rings. The smallest absolute Gasteiger partial charge is 0.255 e. The molecule has 2 aliphatic heterocycles. The number of piperidine rings is 2. The molecule has 5 nitrogen and oxygen atoms in total. The molecule has 2 aliphatic rings. The molecule has 0 saturated carbocycles. The molecule has 1 N–H and O–H groups in total. The quantitative estimate of drug-likeness (QED) is 0.918. The summed E-state index contributed by atoms with van der Waals surface area (Å²) in [5, 5.41) is 9.87. The van der Waals surface area contributed by atoms with Gasteiger partial charge in [0.2, 0.25) is 0 Å². The van der Waals surface area contributed by atoms with Crippen LogP contribution in [0.15, 0.2) is 24.3 Å². The highest BCUT2D eigenvalue weighted by Crippen LogP contribution is 2.25. The molecular weight excluding hydrogens is 302 g/mol. The molecule has 0 radical (unpaired) electrons. The number of amides is 1. The fourth-order valence-electron chi connectivity index (χ4n) is 3.96. The monoisotopic (exact) mass is 331 g/mol. The first-order valence-electron chi connectivity index (χ1n) is 9.04. The van der Waals surface area contributed by atoms with Crippen LogP contribution in [-0.4, -0.2) is 73.2 Å². The number of anilines is 1. The van der Waals surface area contributed by atoms with Gasteiger partial charge >= 0.3 is 0 Å². The predicted molar refractivity (Wildman–Crippen MR) is 96.5 cm³/mol. The van der Waals surface area contributed by atoms with Crippen molar-refractivity contribution in [2.24, 2.45) is 0 Å². The molecule has 1 amide bonds. The molecule has 2 fully saturated rings. The molecule has 0 bridgehead atoms. The van der Waals surface area contributed by atoms with Crippen molar-refractivity contribution in [2.45, 2.75) is 37.8 Å². The van der Waals surface area contributed by atoms with E-state index in [1.54, 1.807) is 0 Å². The number of hydrogen-bond donors (Lipinski definition) is 1. The lowest BCUT2D eigenvalue weighted by molar-refractivity contribution is 0.0241. The van der Waals surface area contributed by atoms with Gasteiger partial charge in [0.25, 0.3) is 5.91 Å². The highest BCUT2D eigenvalue weighted by atomic mass is 16.3. The van der Waals surface area contributed by atoms with Crippen LogP contribution in [0.3, 0.4) is 0 Å². The second kappa shape index (κ2) is 7.53. The third kappa shape index (κ3) is 3.73. The summed E-state index contributed by atoms with van der Waals surface area (Å²) in [4.78, 5) is 19.3. The molecule has 0 spiro atoms. The summed E-state index contributed by atoms with van der Waals surface area (Å²) in [6.45, 7) is 3.48. The van der Waals surface area contributed by atoms with Crippen molar-refractivity contribution < 1.29 is 9.90 Å². The Morgan fingerprint density at radius 2 is 1.83 bits per heavy atom. The maximum absolute atomic E-state index is 12.9. The number of β-amino-alcohol motifs (C(OH)–C–C–N with tert-alkyl or cyclic N) is 1. The van der Waals surface area contributed by atoms with E-state index in [1.807, 2.05) is 48.2 Å². The van der Waals surface area contributed by atoms with Crippen LogP contribution in [0.2, 0.25) is 0 Å². The number of aliphatic hydroxyl groups excluding tert-OH is 1. The lowest BCUT2D eigenvalue weighted by atomic mass is 9.98. The third-order valence-electron chi connectivity index (χ3n) is 5.31. The zero-order valence-corrected chi connectivity index (χ0v) is 14.8. The molecular formula is C19H29N3O2. The Morgan fingerprint density at radius 1 is 1.12 bits per heavy atom. The minimum absolute atomic E-state index is 0.136. The van der Waals surface area contributed by atoms with Gasteiger partial charge in [0, 0.05) is 45.5 Å². The summed E-state index contributed by atoms with van der Waals surface area (Å²) in [6, 6.07) is 8.33. The van der Waals surface area contributed by atoms with Crippen LogP contribution in [0.25, 0.3) is 0 Å². The fraction of sp³-hybridized carbons (Fsp3) is 0.632. The zero-order chi connectivity index (χ0) is 17.1. The van der Waals surface area contributed by atoms with E-state index >= 15 is 0 Å². The molecule has 5 heteroatoms. The summed E-state index contributed by atoms with van der Waals surface area (Å²) in [6.07, 6.45) is 3.84. The summed E-state index contributed by atoms with van der Waals surface area (Å²) in [5.41, 5.74) is 1.76. The molecule has 0 aromatic heterocycles. The number of nitrogens with zero attached hydrogens (tertiary/aromatic N) is 3.